The van der Waals surface area contributed by atoms with Crippen molar-refractivity contribution in [1.29, 1.82) is 0 Å². The third kappa shape index (κ3) is 3.85. The van der Waals surface area contributed by atoms with E-state index in [4.69, 9.17) is 10.5 Å². The molecular formula is C11H11BrN2O4. The summed E-state index contributed by atoms with van der Waals surface area (Å²) in [4.78, 5) is 33.5. The number of rotatable bonds is 3. The van der Waals surface area contributed by atoms with Crippen molar-refractivity contribution in [2.75, 3.05) is 0 Å². The standard InChI is InChI=1S/C11H11BrN2O4/c1-6(9(15)14-11(13)17)18-10(16)7-4-2-3-5-8(7)12/h2-6H,1H3,(H3,13,14,15,17)/t6-/m0/s1. The minimum atomic E-state index is -1.11. The SMILES string of the molecule is C[C@H](OC(=O)c1ccccc1Br)C(=O)NC(N)=O. The Labute approximate surface area is 112 Å². The Hall–Kier alpha value is -1.89. The van der Waals surface area contributed by atoms with Gasteiger partial charge in [-0.2, -0.15) is 0 Å². The van der Waals surface area contributed by atoms with E-state index in [0.29, 0.717) is 4.47 Å². The molecule has 6 nitrogen and oxygen atoms in total. The van der Waals surface area contributed by atoms with Gasteiger partial charge in [-0.3, -0.25) is 10.1 Å². The molecule has 7 heteroatoms. The van der Waals surface area contributed by atoms with Gasteiger partial charge < -0.3 is 10.5 Å². The van der Waals surface area contributed by atoms with Crippen molar-refractivity contribution in [2.24, 2.45) is 5.73 Å². The summed E-state index contributed by atoms with van der Waals surface area (Å²) < 4.78 is 5.44. The van der Waals surface area contributed by atoms with Gasteiger partial charge in [0.05, 0.1) is 5.56 Å². The maximum Gasteiger partial charge on any atom is 0.340 e. The van der Waals surface area contributed by atoms with Gasteiger partial charge in [0.25, 0.3) is 5.91 Å². The summed E-state index contributed by atoms with van der Waals surface area (Å²) in [7, 11) is 0. The lowest BCUT2D eigenvalue weighted by atomic mass is 10.2. The van der Waals surface area contributed by atoms with Crippen LogP contribution in [0.4, 0.5) is 4.79 Å². The van der Waals surface area contributed by atoms with Crippen LogP contribution < -0.4 is 11.1 Å². The van der Waals surface area contributed by atoms with Crippen molar-refractivity contribution in [3.8, 4) is 0 Å². The van der Waals surface area contributed by atoms with Crippen molar-refractivity contribution < 1.29 is 19.1 Å². The van der Waals surface area contributed by atoms with Gasteiger partial charge in [0, 0.05) is 4.47 Å². The van der Waals surface area contributed by atoms with Crippen LogP contribution in [0.3, 0.4) is 0 Å². The number of hydrogen-bond acceptors (Lipinski definition) is 4. The molecule has 0 saturated carbocycles. The average molecular weight is 315 g/mol. The van der Waals surface area contributed by atoms with E-state index in [0.717, 1.165) is 0 Å². The van der Waals surface area contributed by atoms with E-state index in [-0.39, 0.29) is 5.56 Å². The summed E-state index contributed by atoms with van der Waals surface area (Å²) >= 11 is 3.19. The van der Waals surface area contributed by atoms with Crippen LogP contribution in [0, 0.1) is 0 Å². The van der Waals surface area contributed by atoms with E-state index in [1.165, 1.54) is 6.92 Å². The molecule has 0 aliphatic carbocycles. The number of hydrogen-bond donors (Lipinski definition) is 2. The molecule has 0 bridgehead atoms. The zero-order chi connectivity index (χ0) is 13.7. The van der Waals surface area contributed by atoms with Crippen LogP contribution in [-0.4, -0.2) is 24.0 Å². The Morgan fingerprint density at radius 1 is 1.33 bits per heavy atom. The van der Waals surface area contributed by atoms with Gasteiger partial charge in [0.2, 0.25) is 0 Å². The van der Waals surface area contributed by atoms with Gasteiger partial charge in [-0.25, -0.2) is 9.59 Å². The minimum Gasteiger partial charge on any atom is -0.449 e. The molecule has 0 aromatic heterocycles. The fourth-order valence-electron chi connectivity index (χ4n) is 1.13. The van der Waals surface area contributed by atoms with Crippen molar-refractivity contribution in [3.63, 3.8) is 0 Å². The fourth-order valence-corrected chi connectivity index (χ4v) is 1.57. The first kappa shape index (κ1) is 14.2. The highest BCUT2D eigenvalue weighted by Crippen LogP contribution is 2.17. The predicted molar refractivity (Wildman–Crippen MR) is 66.7 cm³/mol. The Kier molecular flexibility index (Phi) is 4.85. The molecule has 0 radical (unpaired) electrons. The molecule has 3 amide bonds. The smallest absolute Gasteiger partial charge is 0.340 e. The van der Waals surface area contributed by atoms with E-state index < -0.39 is 24.0 Å². The number of halogens is 1. The molecule has 1 aromatic carbocycles. The van der Waals surface area contributed by atoms with E-state index in [1.807, 2.05) is 5.32 Å². The normalized spacial score (nSPS) is 11.4. The van der Waals surface area contributed by atoms with Gasteiger partial charge in [-0.15, -0.1) is 0 Å². The Bertz CT molecular complexity index is 490. The number of imide groups is 1. The van der Waals surface area contributed by atoms with Crippen LogP contribution in [0.25, 0.3) is 0 Å². The number of amides is 3. The first-order chi connectivity index (χ1) is 8.41. The second kappa shape index (κ2) is 6.15. The summed E-state index contributed by atoms with van der Waals surface area (Å²) in [6.45, 7) is 1.34. The largest absolute Gasteiger partial charge is 0.449 e. The lowest BCUT2D eigenvalue weighted by molar-refractivity contribution is -0.127. The third-order valence-corrected chi connectivity index (χ3v) is 2.68. The van der Waals surface area contributed by atoms with Crippen molar-refractivity contribution in [2.45, 2.75) is 13.0 Å². The molecule has 18 heavy (non-hydrogen) atoms. The molecule has 0 aliphatic rings. The molecule has 0 fully saturated rings. The number of carbonyl (C=O) groups excluding carboxylic acids is 3. The number of primary amides is 1. The highest BCUT2D eigenvalue weighted by atomic mass is 79.9. The zero-order valence-corrected chi connectivity index (χ0v) is 11.1. The first-order valence-corrected chi connectivity index (χ1v) is 5.77. The Balaban J connectivity index is 2.68. The number of nitrogens with one attached hydrogen (secondary N) is 1. The lowest BCUT2D eigenvalue weighted by Crippen LogP contribution is -2.42. The minimum absolute atomic E-state index is 0.288. The second-order valence-corrected chi connectivity index (χ2v) is 4.24. The van der Waals surface area contributed by atoms with Crippen LogP contribution in [0.1, 0.15) is 17.3 Å². The summed E-state index contributed by atoms with van der Waals surface area (Å²) in [6.07, 6.45) is -1.11. The third-order valence-electron chi connectivity index (χ3n) is 1.99. The molecule has 0 aliphatic heterocycles. The molecule has 96 valence electrons. The topological polar surface area (TPSA) is 98.5 Å². The molecule has 0 spiro atoms. The number of ether oxygens (including phenoxy) is 1. The summed E-state index contributed by atoms with van der Waals surface area (Å²) in [5, 5.41) is 1.82. The molecular weight excluding hydrogens is 304 g/mol. The second-order valence-electron chi connectivity index (χ2n) is 3.38. The Morgan fingerprint density at radius 3 is 2.50 bits per heavy atom. The van der Waals surface area contributed by atoms with Crippen molar-refractivity contribution in [1.82, 2.24) is 5.32 Å². The summed E-state index contributed by atoms with van der Waals surface area (Å²) in [6, 6.07) is 5.62. The predicted octanol–water partition coefficient (Wildman–Crippen LogP) is 1.19. The number of benzene rings is 1. The first-order valence-electron chi connectivity index (χ1n) is 4.97. The van der Waals surface area contributed by atoms with Gasteiger partial charge >= 0.3 is 12.0 Å². The molecule has 1 rings (SSSR count). The zero-order valence-electron chi connectivity index (χ0n) is 9.48. The summed E-state index contributed by atoms with van der Waals surface area (Å²) in [5.74, 6) is -1.45. The van der Waals surface area contributed by atoms with Crippen LogP contribution in [0.15, 0.2) is 28.7 Å². The van der Waals surface area contributed by atoms with Crippen LogP contribution in [0.5, 0.6) is 0 Å². The van der Waals surface area contributed by atoms with E-state index in [1.54, 1.807) is 24.3 Å². The highest BCUT2D eigenvalue weighted by Gasteiger charge is 2.20. The summed E-state index contributed by atoms with van der Waals surface area (Å²) in [5.41, 5.74) is 5.07. The van der Waals surface area contributed by atoms with Crippen molar-refractivity contribution >= 4 is 33.8 Å². The number of carbonyl (C=O) groups is 3. The fraction of sp³-hybridized carbons (Fsp3) is 0.182. The molecule has 3 N–H and O–H groups in total. The maximum absolute atomic E-state index is 11.7. The molecule has 0 unspecified atom stereocenters. The average Bonchev–Trinajstić information content (AvgIpc) is 2.28. The van der Waals surface area contributed by atoms with E-state index >= 15 is 0 Å². The van der Waals surface area contributed by atoms with Crippen molar-refractivity contribution in [3.05, 3.63) is 34.3 Å². The maximum atomic E-state index is 11.7. The van der Waals surface area contributed by atoms with Gasteiger partial charge in [0.1, 0.15) is 0 Å². The molecule has 0 heterocycles. The molecule has 0 saturated heterocycles. The number of nitrogens with two attached hydrogens (primary N) is 1. The van der Waals surface area contributed by atoms with Crippen LogP contribution in [-0.2, 0) is 9.53 Å². The quantitative estimate of drug-likeness (QED) is 0.819. The van der Waals surface area contributed by atoms with Crippen LogP contribution >= 0.6 is 15.9 Å². The van der Waals surface area contributed by atoms with E-state index in [9.17, 15) is 14.4 Å². The van der Waals surface area contributed by atoms with Gasteiger partial charge in [-0.1, -0.05) is 12.1 Å². The highest BCUT2D eigenvalue weighted by molar-refractivity contribution is 9.10. The number of esters is 1. The molecule has 1 atom stereocenters. The van der Waals surface area contributed by atoms with Gasteiger partial charge in [0.15, 0.2) is 6.10 Å². The molecule has 1 aromatic rings. The van der Waals surface area contributed by atoms with Crippen LogP contribution in [0.2, 0.25) is 0 Å². The monoisotopic (exact) mass is 314 g/mol. The number of urea groups is 1. The Morgan fingerprint density at radius 2 is 1.94 bits per heavy atom. The van der Waals surface area contributed by atoms with E-state index in [2.05, 4.69) is 15.9 Å². The lowest BCUT2D eigenvalue weighted by Gasteiger charge is -2.12. The van der Waals surface area contributed by atoms with Gasteiger partial charge in [-0.05, 0) is 35.0 Å².